The van der Waals surface area contributed by atoms with Crippen LogP contribution in [0.5, 0.6) is 0 Å². The van der Waals surface area contributed by atoms with Crippen molar-refractivity contribution in [1.82, 2.24) is 4.90 Å². The summed E-state index contributed by atoms with van der Waals surface area (Å²) in [5.74, 6) is -0.312. The Morgan fingerprint density at radius 3 is 2.15 bits per heavy atom. The van der Waals surface area contributed by atoms with Gasteiger partial charge in [0.05, 0.1) is 13.2 Å². The van der Waals surface area contributed by atoms with Crippen LogP contribution in [0, 0.1) is 0 Å². The lowest BCUT2D eigenvalue weighted by Crippen LogP contribution is -2.33. The summed E-state index contributed by atoms with van der Waals surface area (Å²) in [5.41, 5.74) is 0. The third-order valence-corrected chi connectivity index (χ3v) is 1.55. The lowest BCUT2D eigenvalue weighted by Gasteiger charge is -2.19. The molecule has 0 aliphatic heterocycles. The van der Waals surface area contributed by atoms with Gasteiger partial charge >= 0.3 is 5.97 Å². The first-order valence-corrected chi connectivity index (χ1v) is 4.28. The van der Waals surface area contributed by atoms with Gasteiger partial charge in [-0.25, -0.2) is 0 Å². The highest BCUT2D eigenvalue weighted by Gasteiger charge is 2.03. The summed E-state index contributed by atoms with van der Waals surface area (Å²) in [4.78, 5) is 12.2. The molecule has 13 heavy (non-hydrogen) atoms. The molecule has 2 N–H and O–H groups in total. The van der Waals surface area contributed by atoms with Crippen LogP contribution in [0.3, 0.4) is 0 Å². The number of hydrogen-bond acceptors (Lipinski definition) is 5. The maximum absolute atomic E-state index is 10.4. The first-order chi connectivity index (χ1) is 6.20. The molecule has 0 aliphatic carbocycles. The van der Waals surface area contributed by atoms with E-state index in [0.717, 1.165) is 0 Å². The molecular formula is C8H17NO4. The number of aliphatic hydroxyl groups excluding tert-OH is 2. The summed E-state index contributed by atoms with van der Waals surface area (Å²) >= 11 is 0. The second-order valence-electron chi connectivity index (χ2n) is 2.63. The van der Waals surface area contributed by atoms with Crippen LogP contribution in [0.25, 0.3) is 0 Å². The van der Waals surface area contributed by atoms with Crippen LogP contribution in [0.1, 0.15) is 6.92 Å². The average Bonchev–Trinajstić information content (AvgIpc) is 2.04. The van der Waals surface area contributed by atoms with Crippen LogP contribution in [0.2, 0.25) is 0 Å². The molecule has 5 heteroatoms. The fourth-order valence-electron chi connectivity index (χ4n) is 0.937. The predicted octanol–water partition coefficient (Wildman–Crippen LogP) is -1.16. The topological polar surface area (TPSA) is 70.0 Å². The largest absolute Gasteiger partial charge is 0.465 e. The zero-order valence-corrected chi connectivity index (χ0v) is 7.90. The van der Waals surface area contributed by atoms with Crippen molar-refractivity contribution in [3.8, 4) is 0 Å². The van der Waals surface area contributed by atoms with Crippen molar-refractivity contribution in [2.75, 3.05) is 39.5 Å². The van der Waals surface area contributed by atoms with Gasteiger partial charge in [0.15, 0.2) is 0 Å². The van der Waals surface area contributed by atoms with Gasteiger partial charge in [-0.15, -0.1) is 0 Å². The fraction of sp³-hybridized carbons (Fsp3) is 0.875. The van der Waals surface area contributed by atoms with E-state index in [1.807, 2.05) is 4.90 Å². The lowest BCUT2D eigenvalue weighted by molar-refractivity contribution is -0.141. The van der Waals surface area contributed by atoms with Crippen molar-refractivity contribution >= 4 is 5.97 Å². The van der Waals surface area contributed by atoms with Gasteiger partial charge in [0, 0.05) is 26.6 Å². The van der Waals surface area contributed by atoms with E-state index in [9.17, 15) is 4.79 Å². The van der Waals surface area contributed by atoms with E-state index in [4.69, 9.17) is 14.9 Å². The number of esters is 1. The van der Waals surface area contributed by atoms with Crippen molar-refractivity contribution < 1.29 is 19.7 Å². The smallest absolute Gasteiger partial charge is 0.302 e. The van der Waals surface area contributed by atoms with Crippen LogP contribution < -0.4 is 0 Å². The molecule has 5 nitrogen and oxygen atoms in total. The number of carbonyl (C=O) groups excluding carboxylic acids is 1. The monoisotopic (exact) mass is 191 g/mol. The highest BCUT2D eigenvalue weighted by Crippen LogP contribution is 1.87. The Bertz CT molecular complexity index is 134. The first kappa shape index (κ1) is 12.3. The molecule has 0 atom stereocenters. The molecule has 0 fully saturated rings. The van der Waals surface area contributed by atoms with Crippen molar-refractivity contribution in [2.45, 2.75) is 6.92 Å². The third kappa shape index (κ3) is 7.70. The Hall–Kier alpha value is -0.650. The Morgan fingerprint density at radius 1 is 1.23 bits per heavy atom. The van der Waals surface area contributed by atoms with Crippen LogP contribution in [0.15, 0.2) is 0 Å². The summed E-state index contributed by atoms with van der Waals surface area (Å²) in [6.45, 7) is 3.25. The summed E-state index contributed by atoms with van der Waals surface area (Å²) in [6, 6.07) is 0. The van der Waals surface area contributed by atoms with Gasteiger partial charge in [0.2, 0.25) is 0 Å². The average molecular weight is 191 g/mol. The van der Waals surface area contributed by atoms with E-state index in [-0.39, 0.29) is 19.2 Å². The molecule has 0 saturated carbocycles. The number of rotatable bonds is 7. The molecule has 0 heterocycles. The number of ether oxygens (including phenoxy) is 1. The molecule has 0 unspecified atom stereocenters. The fourth-order valence-corrected chi connectivity index (χ4v) is 0.937. The van der Waals surface area contributed by atoms with Crippen molar-refractivity contribution in [2.24, 2.45) is 0 Å². The van der Waals surface area contributed by atoms with Crippen molar-refractivity contribution in [1.29, 1.82) is 0 Å². The first-order valence-electron chi connectivity index (χ1n) is 4.28. The Morgan fingerprint density at radius 2 is 1.77 bits per heavy atom. The zero-order valence-electron chi connectivity index (χ0n) is 7.90. The van der Waals surface area contributed by atoms with E-state index >= 15 is 0 Å². The van der Waals surface area contributed by atoms with Crippen LogP contribution in [0.4, 0.5) is 0 Å². The normalized spacial score (nSPS) is 10.5. The number of nitrogens with zero attached hydrogens (tertiary/aromatic N) is 1. The minimum absolute atomic E-state index is 0.0417. The highest BCUT2D eigenvalue weighted by molar-refractivity contribution is 5.65. The molecule has 78 valence electrons. The minimum Gasteiger partial charge on any atom is -0.465 e. The maximum Gasteiger partial charge on any atom is 0.302 e. The van der Waals surface area contributed by atoms with E-state index < -0.39 is 0 Å². The van der Waals surface area contributed by atoms with Crippen molar-refractivity contribution in [3.05, 3.63) is 0 Å². The van der Waals surface area contributed by atoms with E-state index in [1.165, 1.54) is 6.92 Å². The van der Waals surface area contributed by atoms with Gasteiger partial charge < -0.3 is 14.9 Å². The second kappa shape index (κ2) is 7.97. The summed E-state index contributed by atoms with van der Waals surface area (Å²) < 4.78 is 4.72. The van der Waals surface area contributed by atoms with Gasteiger partial charge in [-0.2, -0.15) is 0 Å². The summed E-state index contributed by atoms with van der Waals surface area (Å²) in [6.07, 6.45) is 0. The second-order valence-corrected chi connectivity index (χ2v) is 2.63. The molecule has 0 aliphatic rings. The molecule has 0 amide bonds. The number of aliphatic hydroxyl groups is 2. The molecule has 0 aromatic rings. The lowest BCUT2D eigenvalue weighted by atomic mass is 10.4. The van der Waals surface area contributed by atoms with Crippen molar-refractivity contribution in [3.63, 3.8) is 0 Å². The van der Waals surface area contributed by atoms with E-state index in [2.05, 4.69) is 0 Å². The van der Waals surface area contributed by atoms with Gasteiger partial charge in [0.25, 0.3) is 0 Å². The van der Waals surface area contributed by atoms with Crippen LogP contribution >= 0.6 is 0 Å². The molecule has 0 spiro atoms. The Kier molecular flexibility index (Phi) is 7.57. The molecule has 0 saturated heterocycles. The zero-order chi connectivity index (χ0) is 10.1. The molecular weight excluding hydrogens is 174 g/mol. The number of carbonyl (C=O) groups is 1. The highest BCUT2D eigenvalue weighted by atomic mass is 16.5. The molecule has 0 rings (SSSR count). The maximum atomic E-state index is 10.4. The number of hydrogen-bond donors (Lipinski definition) is 2. The minimum atomic E-state index is -0.312. The quantitative estimate of drug-likeness (QED) is 0.496. The Labute approximate surface area is 77.9 Å². The van der Waals surface area contributed by atoms with E-state index in [0.29, 0.717) is 26.2 Å². The van der Waals surface area contributed by atoms with Crippen LogP contribution in [-0.4, -0.2) is 60.5 Å². The summed E-state index contributed by atoms with van der Waals surface area (Å²) in [7, 11) is 0. The third-order valence-electron chi connectivity index (χ3n) is 1.55. The predicted molar refractivity (Wildman–Crippen MR) is 47.2 cm³/mol. The molecule has 0 bridgehead atoms. The van der Waals surface area contributed by atoms with Gasteiger partial charge in [-0.05, 0) is 0 Å². The Balaban J connectivity index is 3.49. The van der Waals surface area contributed by atoms with Gasteiger partial charge in [-0.3, -0.25) is 9.69 Å². The SMILES string of the molecule is CC(=O)OCCN(CCO)CCO. The molecule has 0 aromatic carbocycles. The van der Waals surface area contributed by atoms with E-state index in [1.54, 1.807) is 0 Å². The molecule has 0 radical (unpaired) electrons. The van der Waals surface area contributed by atoms with Gasteiger partial charge in [0.1, 0.15) is 6.61 Å². The standard InChI is InChI=1S/C8H17NO4/c1-8(12)13-7-4-9(2-5-10)3-6-11/h10-11H,2-7H2,1H3. The van der Waals surface area contributed by atoms with Crippen LogP contribution in [-0.2, 0) is 9.53 Å². The van der Waals surface area contributed by atoms with Gasteiger partial charge in [-0.1, -0.05) is 0 Å². The summed E-state index contributed by atoms with van der Waals surface area (Å²) in [5, 5.41) is 17.3. The molecule has 0 aromatic heterocycles.